The standard InChI is InChI=1S/C16H18N2O2/c1-12(19)15-4-3-14(11-16(15)20)18(2)10-7-13-5-8-17-9-6-13/h3-6,8-9,11,20H,7,10H2,1-2H3. The van der Waals surface area contributed by atoms with Gasteiger partial charge in [0.1, 0.15) is 5.75 Å². The van der Waals surface area contributed by atoms with Crippen molar-refractivity contribution < 1.29 is 9.90 Å². The molecule has 1 aromatic carbocycles. The average molecular weight is 270 g/mol. The number of likely N-dealkylation sites (N-methyl/N-ethyl adjacent to an activating group) is 1. The number of phenols is 1. The lowest BCUT2D eigenvalue weighted by atomic mass is 10.1. The number of pyridine rings is 1. The quantitative estimate of drug-likeness (QED) is 0.849. The van der Waals surface area contributed by atoms with E-state index in [1.807, 2.05) is 30.1 Å². The molecule has 0 saturated heterocycles. The summed E-state index contributed by atoms with van der Waals surface area (Å²) in [4.78, 5) is 17.3. The van der Waals surface area contributed by atoms with Crippen molar-refractivity contribution in [3.63, 3.8) is 0 Å². The number of nitrogens with zero attached hydrogens (tertiary/aromatic N) is 2. The SMILES string of the molecule is CC(=O)c1ccc(N(C)CCc2ccncc2)cc1O. The lowest BCUT2D eigenvalue weighted by molar-refractivity contribution is 0.101. The van der Waals surface area contributed by atoms with E-state index in [-0.39, 0.29) is 11.5 Å². The Balaban J connectivity index is 2.04. The Morgan fingerprint density at radius 3 is 2.55 bits per heavy atom. The summed E-state index contributed by atoms with van der Waals surface area (Å²) in [7, 11) is 1.96. The van der Waals surface area contributed by atoms with Gasteiger partial charge in [0.15, 0.2) is 5.78 Å². The van der Waals surface area contributed by atoms with Gasteiger partial charge < -0.3 is 10.0 Å². The summed E-state index contributed by atoms with van der Waals surface area (Å²) < 4.78 is 0. The van der Waals surface area contributed by atoms with Crippen LogP contribution in [0.25, 0.3) is 0 Å². The Kier molecular flexibility index (Phi) is 4.35. The van der Waals surface area contributed by atoms with Gasteiger partial charge in [0, 0.05) is 37.7 Å². The van der Waals surface area contributed by atoms with Crippen molar-refractivity contribution in [1.82, 2.24) is 4.98 Å². The number of aromatic nitrogens is 1. The van der Waals surface area contributed by atoms with Gasteiger partial charge in [-0.05, 0) is 43.2 Å². The fourth-order valence-corrected chi connectivity index (χ4v) is 2.03. The normalized spacial score (nSPS) is 10.3. The molecule has 0 spiro atoms. The Bertz CT molecular complexity index is 597. The van der Waals surface area contributed by atoms with Crippen LogP contribution in [0.3, 0.4) is 0 Å². The number of carbonyl (C=O) groups is 1. The van der Waals surface area contributed by atoms with Crippen LogP contribution in [0.2, 0.25) is 0 Å². The van der Waals surface area contributed by atoms with Crippen LogP contribution in [0.5, 0.6) is 5.75 Å². The Labute approximate surface area is 118 Å². The second-order valence-corrected chi connectivity index (χ2v) is 4.78. The minimum absolute atomic E-state index is 0.0331. The zero-order valence-electron chi connectivity index (χ0n) is 11.7. The molecule has 20 heavy (non-hydrogen) atoms. The highest BCUT2D eigenvalue weighted by atomic mass is 16.3. The molecule has 0 bridgehead atoms. The Morgan fingerprint density at radius 2 is 1.95 bits per heavy atom. The summed E-state index contributed by atoms with van der Waals surface area (Å²) >= 11 is 0. The third-order valence-corrected chi connectivity index (χ3v) is 3.29. The molecule has 0 amide bonds. The zero-order valence-corrected chi connectivity index (χ0v) is 11.7. The molecule has 1 heterocycles. The van der Waals surface area contributed by atoms with Crippen molar-refractivity contribution in [3.05, 3.63) is 53.9 Å². The first-order chi connectivity index (χ1) is 9.58. The van der Waals surface area contributed by atoms with E-state index in [1.165, 1.54) is 12.5 Å². The van der Waals surface area contributed by atoms with Crippen LogP contribution >= 0.6 is 0 Å². The van der Waals surface area contributed by atoms with E-state index < -0.39 is 0 Å². The van der Waals surface area contributed by atoms with Crippen molar-refractivity contribution in [2.45, 2.75) is 13.3 Å². The summed E-state index contributed by atoms with van der Waals surface area (Å²) in [6.45, 7) is 2.27. The number of Topliss-reactive ketones (excluding diaryl/α,β-unsaturated/α-hetero) is 1. The van der Waals surface area contributed by atoms with E-state index in [9.17, 15) is 9.90 Å². The zero-order chi connectivity index (χ0) is 14.5. The van der Waals surface area contributed by atoms with Crippen LogP contribution in [0, 0.1) is 0 Å². The minimum Gasteiger partial charge on any atom is -0.507 e. The van der Waals surface area contributed by atoms with Crippen molar-refractivity contribution in [3.8, 4) is 5.75 Å². The Hall–Kier alpha value is -2.36. The van der Waals surface area contributed by atoms with E-state index in [2.05, 4.69) is 4.98 Å². The van der Waals surface area contributed by atoms with Crippen LogP contribution in [0.4, 0.5) is 5.69 Å². The molecule has 0 saturated carbocycles. The number of anilines is 1. The summed E-state index contributed by atoms with van der Waals surface area (Å²) in [6.07, 6.45) is 4.46. The first-order valence-corrected chi connectivity index (χ1v) is 6.52. The van der Waals surface area contributed by atoms with Crippen molar-refractivity contribution in [2.75, 3.05) is 18.5 Å². The van der Waals surface area contributed by atoms with Gasteiger partial charge in [0.25, 0.3) is 0 Å². The Morgan fingerprint density at radius 1 is 1.25 bits per heavy atom. The van der Waals surface area contributed by atoms with Gasteiger partial charge in [-0.2, -0.15) is 0 Å². The predicted octanol–water partition coefficient (Wildman–Crippen LogP) is 2.67. The van der Waals surface area contributed by atoms with Crippen LogP contribution < -0.4 is 4.90 Å². The van der Waals surface area contributed by atoms with Gasteiger partial charge in [-0.25, -0.2) is 0 Å². The largest absolute Gasteiger partial charge is 0.507 e. The number of aromatic hydroxyl groups is 1. The lowest BCUT2D eigenvalue weighted by Gasteiger charge is -2.20. The number of hydrogen-bond acceptors (Lipinski definition) is 4. The number of hydrogen-bond donors (Lipinski definition) is 1. The molecule has 4 heteroatoms. The first kappa shape index (κ1) is 14.1. The summed E-state index contributed by atoms with van der Waals surface area (Å²) in [5.41, 5.74) is 2.47. The summed E-state index contributed by atoms with van der Waals surface area (Å²) in [6, 6.07) is 9.12. The molecular formula is C16H18N2O2. The fraction of sp³-hybridized carbons (Fsp3) is 0.250. The molecule has 0 aliphatic rings. The van der Waals surface area contributed by atoms with E-state index in [1.54, 1.807) is 24.5 Å². The maximum atomic E-state index is 11.3. The lowest BCUT2D eigenvalue weighted by Crippen LogP contribution is -2.20. The van der Waals surface area contributed by atoms with Gasteiger partial charge in [0.2, 0.25) is 0 Å². The molecule has 0 radical (unpaired) electrons. The number of rotatable bonds is 5. The van der Waals surface area contributed by atoms with Gasteiger partial charge >= 0.3 is 0 Å². The maximum absolute atomic E-state index is 11.3. The van der Waals surface area contributed by atoms with E-state index >= 15 is 0 Å². The third-order valence-electron chi connectivity index (χ3n) is 3.29. The molecule has 0 atom stereocenters. The van der Waals surface area contributed by atoms with Crippen LogP contribution in [0.1, 0.15) is 22.8 Å². The van der Waals surface area contributed by atoms with Crippen LogP contribution in [-0.4, -0.2) is 29.5 Å². The molecule has 2 rings (SSSR count). The number of benzene rings is 1. The van der Waals surface area contributed by atoms with Crippen molar-refractivity contribution in [1.29, 1.82) is 0 Å². The second kappa shape index (κ2) is 6.19. The average Bonchev–Trinajstić information content (AvgIpc) is 2.45. The monoisotopic (exact) mass is 270 g/mol. The number of ketones is 1. The maximum Gasteiger partial charge on any atom is 0.163 e. The highest BCUT2D eigenvalue weighted by Crippen LogP contribution is 2.24. The molecule has 1 N–H and O–H groups in total. The third kappa shape index (κ3) is 3.35. The van der Waals surface area contributed by atoms with E-state index in [0.29, 0.717) is 5.56 Å². The van der Waals surface area contributed by atoms with Crippen molar-refractivity contribution >= 4 is 11.5 Å². The van der Waals surface area contributed by atoms with Crippen molar-refractivity contribution in [2.24, 2.45) is 0 Å². The molecule has 2 aromatic rings. The summed E-state index contributed by atoms with van der Waals surface area (Å²) in [5.74, 6) is -0.0979. The van der Waals surface area contributed by atoms with Gasteiger partial charge in [-0.1, -0.05) is 0 Å². The fourth-order valence-electron chi connectivity index (χ4n) is 2.03. The predicted molar refractivity (Wildman–Crippen MR) is 79.3 cm³/mol. The van der Waals surface area contributed by atoms with Gasteiger partial charge in [-0.15, -0.1) is 0 Å². The molecule has 0 aliphatic heterocycles. The second-order valence-electron chi connectivity index (χ2n) is 4.78. The molecule has 104 valence electrons. The molecular weight excluding hydrogens is 252 g/mol. The molecule has 0 unspecified atom stereocenters. The first-order valence-electron chi connectivity index (χ1n) is 6.52. The number of carbonyl (C=O) groups excluding carboxylic acids is 1. The smallest absolute Gasteiger partial charge is 0.163 e. The molecule has 0 aliphatic carbocycles. The highest BCUT2D eigenvalue weighted by Gasteiger charge is 2.09. The van der Waals surface area contributed by atoms with Crippen LogP contribution in [-0.2, 0) is 6.42 Å². The van der Waals surface area contributed by atoms with Crippen LogP contribution in [0.15, 0.2) is 42.7 Å². The van der Waals surface area contributed by atoms with E-state index in [4.69, 9.17) is 0 Å². The van der Waals surface area contributed by atoms with E-state index in [0.717, 1.165) is 18.7 Å². The minimum atomic E-state index is -0.131. The molecule has 0 fully saturated rings. The molecule has 1 aromatic heterocycles. The summed E-state index contributed by atoms with van der Waals surface area (Å²) in [5, 5.41) is 9.84. The molecule has 4 nitrogen and oxygen atoms in total. The van der Waals surface area contributed by atoms with Gasteiger partial charge in [0.05, 0.1) is 5.56 Å². The van der Waals surface area contributed by atoms with Gasteiger partial charge in [-0.3, -0.25) is 9.78 Å². The topological polar surface area (TPSA) is 53.4 Å². The number of phenolic OH excluding ortho intramolecular Hbond substituents is 1. The highest BCUT2D eigenvalue weighted by molar-refractivity contribution is 5.97.